The van der Waals surface area contributed by atoms with E-state index in [9.17, 15) is 50.9 Å². The molecule has 9 nitrogen and oxygen atoms in total. The molecule has 3 unspecified atom stereocenters. The molecule has 3 aromatic carbocycles. The summed E-state index contributed by atoms with van der Waals surface area (Å²) in [6.07, 6.45) is -9.61. The Kier molecular flexibility index (Phi) is 9.82. The molecule has 0 bridgehead atoms. The largest absolute Gasteiger partial charge is 0.481 e. The van der Waals surface area contributed by atoms with E-state index < -0.39 is 76.0 Å². The number of nitrogens with zero attached hydrogens (tertiary/aromatic N) is 2. The van der Waals surface area contributed by atoms with Gasteiger partial charge in [0, 0.05) is 42.3 Å². The molecule has 2 amide bonds. The van der Waals surface area contributed by atoms with E-state index in [4.69, 9.17) is 11.5 Å². The Hall–Kier alpha value is -4.73. The Morgan fingerprint density at radius 2 is 1.48 bits per heavy atom. The topological polar surface area (TPSA) is 147 Å². The number of rotatable bonds is 11. The van der Waals surface area contributed by atoms with Gasteiger partial charge in [0.25, 0.3) is 5.91 Å². The van der Waals surface area contributed by atoms with Gasteiger partial charge >= 0.3 is 18.3 Å². The predicted octanol–water partition coefficient (Wildman–Crippen LogP) is 5.31. The summed E-state index contributed by atoms with van der Waals surface area (Å²) in [6.45, 7) is -0.413. The number of carboxylic acids is 1. The van der Waals surface area contributed by atoms with Crippen molar-refractivity contribution in [3.63, 3.8) is 0 Å². The van der Waals surface area contributed by atoms with Crippen LogP contribution in [-0.4, -0.2) is 59.6 Å². The number of quaternary nitrogens is 1. The number of amides is 2. The minimum absolute atomic E-state index is 0.00751. The van der Waals surface area contributed by atoms with Crippen LogP contribution in [0, 0.1) is 0 Å². The zero-order chi connectivity index (χ0) is 35.8. The molecule has 48 heavy (non-hydrogen) atoms. The summed E-state index contributed by atoms with van der Waals surface area (Å²) in [6, 6.07) is 12.3. The molecular weight excluding hydrogens is 646 g/mol. The number of hydrogen-bond donors (Lipinski definition) is 4. The number of benzene rings is 3. The van der Waals surface area contributed by atoms with E-state index in [1.165, 1.54) is 12.1 Å². The molecule has 0 fully saturated rings. The van der Waals surface area contributed by atoms with Crippen LogP contribution in [0.5, 0.6) is 0 Å². The van der Waals surface area contributed by atoms with Crippen LogP contribution in [0.1, 0.15) is 62.2 Å². The van der Waals surface area contributed by atoms with Gasteiger partial charge < -0.3 is 26.6 Å². The van der Waals surface area contributed by atoms with Gasteiger partial charge in [0.05, 0.1) is 35.8 Å². The van der Waals surface area contributed by atoms with E-state index in [1.54, 1.807) is 49.6 Å². The number of primary amides is 1. The fraction of sp³-hybridized carbons (Fsp3) is 0.303. The molecule has 4 rings (SSSR count). The number of nitrogens with two attached hydrogens (primary N) is 2. The van der Waals surface area contributed by atoms with Gasteiger partial charge in [-0.05, 0) is 49.2 Å². The highest BCUT2D eigenvalue weighted by atomic mass is 19.4. The van der Waals surface area contributed by atoms with Crippen molar-refractivity contribution in [1.82, 2.24) is 9.38 Å². The number of aliphatic carboxylic acids is 1. The number of carboxylic acid groups (broad SMARTS) is 1. The number of halogens is 6. The Balaban J connectivity index is 1.82. The van der Waals surface area contributed by atoms with Gasteiger partial charge in [0.2, 0.25) is 11.6 Å². The highest BCUT2D eigenvalue weighted by Crippen LogP contribution is 2.49. The van der Waals surface area contributed by atoms with E-state index in [0.29, 0.717) is 29.0 Å². The van der Waals surface area contributed by atoms with Crippen molar-refractivity contribution >= 4 is 29.0 Å². The first kappa shape index (κ1) is 36.1. The van der Waals surface area contributed by atoms with Crippen LogP contribution in [-0.2, 0) is 22.9 Å². The van der Waals surface area contributed by atoms with Crippen LogP contribution in [0.3, 0.4) is 0 Å². The zero-order valence-electron chi connectivity index (χ0n) is 25.8. The quantitative estimate of drug-likeness (QED) is 0.160. The van der Waals surface area contributed by atoms with E-state index in [1.807, 2.05) is 0 Å². The second-order valence-corrected chi connectivity index (χ2v) is 11.7. The van der Waals surface area contributed by atoms with Crippen LogP contribution >= 0.6 is 0 Å². The van der Waals surface area contributed by atoms with Crippen LogP contribution in [0.2, 0.25) is 0 Å². The second kappa shape index (κ2) is 13.1. The summed E-state index contributed by atoms with van der Waals surface area (Å²) in [4.78, 5) is 38.4. The number of aliphatic hydroxyl groups is 1. The van der Waals surface area contributed by atoms with E-state index in [0.717, 1.165) is 11.9 Å². The molecule has 1 aliphatic rings. The van der Waals surface area contributed by atoms with Crippen LogP contribution < -0.4 is 16.0 Å². The van der Waals surface area contributed by atoms with Crippen LogP contribution in [0.15, 0.2) is 72.9 Å². The minimum Gasteiger partial charge on any atom is -0.481 e. The molecule has 3 atom stereocenters. The van der Waals surface area contributed by atoms with Crippen molar-refractivity contribution in [2.75, 3.05) is 20.6 Å². The van der Waals surface area contributed by atoms with Crippen molar-refractivity contribution in [3.05, 3.63) is 106 Å². The Morgan fingerprint density at radius 3 is 2.02 bits per heavy atom. The highest BCUT2D eigenvalue weighted by Gasteiger charge is 2.54. The summed E-state index contributed by atoms with van der Waals surface area (Å²) in [5, 5.41) is 21.7. The maximum Gasteiger partial charge on any atom is 0.416 e. The summed E-state index contributed by atoms with van der Waals surface area (Å²) in [5.41, 5.74) is 7.19. The first-order valence-electron chi connectivity index (χ1n) is 14.5. The lowest BCUT2D eigenvalue weighted by molar-refractivity contribution is -0.143. The van der Waals surface area contributed by atoms with Gasteiger partial charge in [-0.3, -0.25) is 14.4 Å². The molecular formula is C33H33F6N4O5+. The second-order valence-electron chi connectivity index (χ2n) is 11.7. The highest BCUT2D eigenvalue weighted by molar-refractivity contribution is 5.96. The molecule has 0 saturated heterocycles. The van der Waals surface area contributed by atoms with E-state index in [-0.39, 0.29) is 30.0 Å². The summed E-state index contributed by atoms with van der Waals surface area (Å²) in [5.74, 6) is -3.26. The minimum atomic E-state index is -5.19. The van der Waals surface area contributed by atoms with Gasteiger partial charge in [0.15, 0.2) is 0 Å². The third kappa shape index (κ3) is 6.79. The Bertz CT molecular complexity index is 1740. The molecule has 15 heteroatoms. The van der Waals surface area contributed by atoms with Crippen molar-refractivity contribution in [1.29, 1.82) is 0 Å². The molecule has 0 spiro atoms. The number of likely N-dealkylation sites (N-methyl/N-ethyl adjacent to an activating group) is 1. The zero-order valence-corrected chi connectivity index (χ0v) is 25.8. The lowest BCUT2D eigenvalue weighted by Gasteiger charge is -2.43. The maximum atomic E-state index is 13.5. The van der Waals surface area contributed by atoms with Gasteiger partial charge in [0.1, 0.15) is 11.9 Å². The number of fused-ring (bicyclic) bond motifs is 1. The standard InChI is InChI=1S/C33H32F6N4O5/c1-42(30(47)19-13-21(32(34,35)36)16-22(14-19)33(37,38)39)23(11-12-28(44)45)15-20-17-43(2,27-10-6-4-7-24(20)27)31(48,18-40)26-9-5-3-8-25(26)29(41)46/h3-10,13-14,16-17,23,48H,11-12,15,18,40H2,1-2H3,(H2-,41,44,45,46)/p+1. The number of carbonyl (C=O) groups is 3. The van der Waals surface area contributed by atoms with E-state index in [2.05, 4.69) is 0 Å². The monoisotopic (exact) mass is 679 g/mol. The average molecular weight is 680 g/mol. The van der Waals surface area contributed by atoms with Gasteiger partial charge in [-0.25, -0.2) is 4.48 Å². The normalized spacial score (nSPS) is 18.0. The molecule has 3 aromatic rings. The van der Waals surface area contributed by atoms with Crippen molar-refractivity contribution < 1.29 is 50.9 Å². The fourth-order valence-electron chi connectivity index (χ4n) is 6.09. The SMILES string of the molecule is CN(C(=O)c1cc(C(F)(F)F)cc(C(F)(F)F)c1)C(CCC(=O)O)CC1=C[N+](C)(C(O)(CN)c2ccccc2C(N)=O)c2ccccc21. The van der Waals surface area contributed by atoms with Gasteiger partial charge in [-0.2, -0.15) is 26.3 Å². The smallest absolute Gasteiger partial charge is 0.416 e. The number of para-hydroxylation sites is 1. The average Bonchev–Trinajstić information content (AvgIpc) is 3.33. The third-order valence-electron chi connectivity index (χ3n) is 8.69. The summed E-state index contributed by atoms with van der Waals surface area (Å²) >= 11 is 0. The first-order chi connectivity index (χ1) is 22.2. The number of carbonyl (C=O) groups excluding carboxylic acids is 2. The molecule has 6 N–H and O–H groups in total. The third-order valence-corrected chi connectivity index (χ3v) is 8.69. The van der Waals surface area contributed by atoms with Crippen molar-refractivity contribution in [3.8, 4) is 0 Å². The van der Waals surface area contributed by atoms with Crippen molar-refractivity contribution in [2.24, 2.45) is 11.5 Å². The van der Waals surface area contributed by atoms with E-state index >= 15 is 0 Å². The molecule has 0 radical (unpaired) electrons. The van der Waals surface area contributed by atoms with Crippen molar-refractivity contribution in [2.45, 2.75) is 43.4 Å². The Labute approximate surface area is 271 Å². The molecule has 1 aliphatic heterocycles. The molecule has 0 aromatic heterocycles. The lowest BCUT2D eigenvalue weighted by Crippen LogP contribution is -2.61. The molecule has 256 valence electrons. The molecule has 0 saturated carbocycles. The lowest BCUT2D eigenvalue weighted by atomic mass is 9.92. The molecule has 0 aliphatic carbocycles. The first-order valence-corrected chi connectivity index (χ1v) is 14.5. The van der Waals surface area contributed by atoms with Gasteiger partial charge in [-0.1, -0.05) is 24.3 Å². The van der Waals surface area contributed by atoms with Gasteiger partial charge in [-0.15, -0.1) is 0 Å². The van der Waals surface area contributed by atoms with Crippen LogP contribution in [0.4, 0.5) is 32.0 Å². The summed E-state index contributed by atoms with van der Waals surface area (Å²) < 4.78 is 80.9. The number of hydrogen-bond acceptors (Lipinski definition) is 5. The molecule has 1 heterocycles. The number of alkyl halides is 6. The fourth-order valence-corrected chi connectivity index (χ4v) is 6.09. The summed E-state index contributed by atoms with van der Waals surface area (Å²) in [7, 11) is 2.77. The van der Waals surface area contributed by atoms with Crippen LogP contribution in [0.25, 0.3) is 5.57 Å². The predicted molar refractivity (Wildman–Crippen MR) is 164 cm³/mol. The Morgan fingerprint density at radius 1 is 0.917 bits per heavy atom. The maximum absolute atomic E-state index is 13.5.